The summed E-state index contributed by atoms with van der Waals surface area (Å²) in [5.41, 5.74) is 4.59. The van der Waals surface area contributed by atoms with Gasteiger partial charge in [0.25, 0.3) is 0 Å². The summed E-state index contributed by atoms with van der Waals surface area (Å²) in [6, 6.07) is 19.4. The molecule has 0 radical (unpaired) electrons. The molecular weight excluding hydrogens is 580 g/mol. The molecule has 0 bridgehead atoms. The monoisotopic (exact) mass is 620 g/mol. The molecule has 1 aliphatic heterocycles. The number of aliphatic hydroxyl groups excluding tert-OH is 2. The summed E-state index contributed by atoms with van der Waals surface area (Å²) >= 11 is 0. The minimum Gasteiger partial charge on any atom is -0.508 e. The second kappa shape index (κ2) is 15.0. The number of aryl methyl sites for hydroxylation is 2. The highest BCUT2D eigenvalue weighted by atomic mass is 16.5. The summed E-state index contributed by atoms with van der Waals surface area (Å²) in [7, 11) is 1.00. The van der Waals surface area contributed by atoms with Gasteiger partial charge in [0.15, 0.2) is 23.0 Å². The predicted molar refractivity (Wildman–Crippen MR) is 173 cm³/mol. The highest BCUT2D eigenvalue weighted by Gasteiger charge is 2.32. The first-order valence-electron chi connectivity index (χ1n) is 13.2. The van der Waals surface area contributed by atoms with Crippen LogP contribution in [0.25, 0.3) is 22.3 Å². The fraction of sp³-hybridized carbons (Fsp3) is 0.200. The van der Waals surface area contributed by atoms with Crippen molar-refractivity contribution in [3.05, 3.63) is 102 Å². The van der Waals surface area contributed by atoms with E-state index in [1.165, 1.54) is 48.0 Å². The molecule has 10 nitrogen and oxygen atoms in total. The Morgan fingerprint density at radius 2 is 1.36 bits per heavy atom. The highest BCUT2D eigenvalue weighted by molar-refractivity contribution is 5.81. The van der Waals surface area contributed by atoms with E-state index in [1.807, 2.05) is 26.0 Å². The average molecular weight is 621 g/mol. The Kier molecular flexibility index (Phi) is 12.0. The van der Waals surface area contributed by atoms with E-state index in [4.69, 9.17) is 14.3 Å². The summed E-state index contributed by atoms with van der Waals surface area (Å²) < 4.78 is 11.6. The molecule has 4 aromatic carbocycles. The van der Waals surface area contributed by atoms with E-state index in [9.17, 15) is 35.7 Å². The lowest BCUT2D eigenvalue weighted by Crippen LogP contribution is -2.30. The van der Waals surface area contributed by atoms with E-state index in [1.54, 1.807) is 6.07 Å². The van der Waals surface area contributed by atoms with E-state index >= 15 is 0 Å². The molecule has 10 heteroatoms. The van der Waals surface area contributed by atoms with Gasteiger partial charge in [-0.2, -0.15) is 0 Å². The predicted octanol–water partition coefficient (Wildman–Crippen LogP) is 6.65. The molecule has 240 valence electrons. The standard InChI is InChI=1S/C17H14O3.C15H14O6.CH4O.CH4.CH3/c1-10-3-6-16-13(7-10)8-11(2)17(20-16)12-4-5-14(18)15(19)9-12;16-8-4-11(18)9-6-13(20)15(21-14(9)5-8)7-1-2-10(17)12(19)3-7;1-2;;/h3-9H,1-2H3,(H-,18,19);1-5,13,15-20H,6H2;2H,1H3;1H4;1H3/q;;;;-1/p+1/t;13-,15+;;;/m.0.../s1. The molecule has 2 heterocycles. The van der Waals surface area contributed by atoms with Crippen LogP contribution >= 0.6 is 0 Å². The summed E-state index contributed by atoms with van der Waals surface area (Å²) in [4.78, 5) is 0. The Balaban J connectivity index is 0.000000285. The third kappa shape index (κ3) is 7.86. The fourth-order valence-electron chi connectivity index (χ4n) is 4.78. The third-order valence-corrected chi connectivity index (χ3v) is 6.86. The molecular formula is C35H40O10. The number of benzene rings is 4. The number of hydrogen-bond donors (Lipinski definition) is 8. The molecule has 0 unspecified atom stereocenters. The molecule has 8 N–H and O–H groups in total. The molecule has 5 aromatic rings. The normalized spacial score (nSPS) is 14.6. The van der Waals surface area contributed by atoms with E-state index in [-0.39, 0.29) is 61.5 Å². The smallest absolute Gasteiger partial charge is 0.363 e. The van der Waals surface area contributed by atoms with Gasteiger partial charge >= 0.3 is 11.3 Å². The van der Waals surface area contributed by atoms with Crippen molar-refractivity contribution in [3.63, 3.8) is 0 Å². The first-order chi connectivity index (χ1) is 20.5. The lowest BCUT2D eigenvalue weighted by atomic mass is 9.94. The van der Waals surface area contributed by atoms with Crippen LogP contribution in [0.1, 0.15) is 35.8 Å². The molecule has 0 spiro atoms. The van der Waals surface area contributed by atoms with Gasteiger partial charge in [-0.25, -0.2) is 4.42 Å². The molecule has 0 fully saturated rings. The maximum Gasteiger partial charge on any atom is 0.363 e. The topological polar surface area (TPSA) is 182 Å². The lowest BCUT2D eigenvalue weighted by Gasteiger charge is -2.31. The molecule has 0 amide bonds. The van der Waals surface area contributed by atoms with Crippen molar-refractivity contribution < 1.29 is 50.0 Å². The molecule has 6 rings (SSSR count). The van der Waals surface area contributed by atoms with Gasteiger partial charge in [0.1, 0.15) is 23.4 Å². The first-order valence-corrected chi connectivity index (χ1v) is 13.2. The van der Waals surface area contributed by atoms with Crippen LogP contribution in [0.3, 0.4) is 0 Å². The molecule has 1 aromatic heterocycles. The Labute approximate surface area is 261 Å². The third-order valence-electron chi connectivity index (χ3n) is 6.86. The van der Waals surface area contributed by atoms with Crippen molar-refractivity contribution in [2.75, 3.05) is 7.11 Å². The largest absolute Gasteiger partial charge is 0.508 e. The zero-order valence-electron chi connectivity index (χ0n) is 24.7. The van der Waals surface area contributed by atoms with Crippen molar-refractivity contribution in [3.8, 4) is 51.6 Å². The molecule has 45 heavy (non-hydrogen) atoms. The van der Waals surface area contributed by atoms with Crippen molar-refractivity contribution >= 4 is 11.0 Å². The van der Waals surface area contributed by atoms with E-state index in [2.05, 4.69) is 12.1 Å². The van der Waals surface area contributed by atoms with Crippen molar-refractivity contribution in [1.82, 2.24) is 0 Å². The van der Waals surface area contributed by atoms with Crippen LogP contribution < -0.4 is 4.74 Å². The second-order valence-electron chi connectivity index (χ2n) is 10.0. The number of ether oxygens (including phenoxy) is 1. The Morgan fingerprint density at radius 1 is 0.711 bits per heavy atom. The fourth-order valence-corrected chi connectivity index (χ4v) is 4.78. The molecule has 2 atom stereocenters. The van der Waals surface area contributed by atoms with Gasteiger partial charge in [-0.1, -0.05) is 13.5 Å². The summed E-state index contributed by atoms with van der Waals surface area (Å²) in [5.74, 6) is -0.186. The quantitative estimate of drug-likeness (QED) is 0.0604. The van der Waals surface area contributed by atoms with Gasteiger partial charge in [0, 0.05) is 43.4 Å². The molecule has 0 saturated heterocycles. The van der Waals surface area contributed by atoms with Gasteiger partial charge in [-0.3, -0.25) is 0 Å². The number of aromatic hydroxyl groups is 6. The van der Waals surface area contributed by atoms with Crippen LogP contribution in [0.15, 0.2) is 77.2 Å². The summed E-state index contributed by atoms with van der Waals surface area (Å²) in [6.07, 6.45) is -1.56. The maximum absolute atomic E-state index is 10.2. The number of rotatable bonds is 2. The Bertz CT molecular complexity index is 1770. The van der Waals surface area contributed by atoms with Crippen LogP contribution in [0.5, 0.6) is 40.2 Å². The minimum atomic E-state index is -0.933. The number of phenols is 6. The zero-order chi connectivity index (χ0) is 31.4. The van der Waals surface area contributed by atoms with Gasteiger partial charge in [0.05, 0.1) is 22.6 Å². The van der Waals surface area contributed by atoms with E-state index in [0.717, 1.165) is 29.2 Å². The van der Waals surface area contributed by atoms with Crippen molar-refractivity contribution in [2.45, 2.75) is 39.9 Å². The minimum absolute atomic E-state index is 0. The SMILES string of the molecule is C.CO.Cc1ccc2[o+]c(-c3ccc(O)c(O)c3)c(C)cc2c1.Oc1cc(O)c2c(c1)O[C@H](c1ccc(O)c(O)c1)[C@@H](O)C2.[CH3-]. The summed E-state index contributed by atoms with van der Waals surface area (Å²) in [5, 5.41) is 75.3. The van der Waals surface area contributed by atoms with E-state index in [0.29, 0.717) is 16.9 Å². The molecule has 0 aliphatic carbocycles. The van der Waals surface area contributed by atoms with Crippen LogP contribution in [0.2, 0.25) is 0 Å². The summed E-state index contributed by atoms with van der Waals surface area (Å²) in [6.45, 7) is 4.01. The maximum atomic E-state index is 10.2. The van der Waals surface area contributed by atoms with Crippen LogP contribution in [-0.2, 0) is 6.42 Å². The molecule has 0 saturated carbocycles. The van der Waals surface area contributed by atoms with Gasteiger partial charge in [0.2, 0.25) is 0 Å². The Morgan fingerprint density at radius 3 is 2.00 bits per heavy atom. The van der Waals surface area contributed by atoms with Crippen molar-refractivity contribution in [1.29, 1.82) is 0 Å². The van der Waals surface area contributed by atoms with Crippen molar-refractivity contribution in [2.24, 2.45) is 0 Å². The number of fused-ring (bicyclic) bond motifs is 2. The van der Waals surface area contributed by atoms with Gasteiger partial charge in [-0.05, 0) is 67.4 Å². The number of hydrogen-bond acceptors (Lipinski definition) is 9. The highest BCUT2D eigenvalue weighted by Crippen LogP contribution is 2.43. The first kappa shape index (κ1) is 36.0. The van der Waals surface area contributed by atoms with Gasteiger partial charge < -0.3 is 53.0 Å². The lowest BCUT2D eigenvalue weighted by molar-refractivity contribution is 0.0197. The van der Waals surface area contributed by atoms with Crippen LogP contribution in [-0.4, -0.2) is 54.1 Å². The molecule has 1 aliphatic rings. The average Bonchev–Trinajstić information content (AvgIpc) is 2.97. The Hall–Kier alpha value is -5.19. The van der Waals surface area contributed by atoms with Crippen LogP contribution in [0, 0.1) is 21.3 Å². The number of phenolic OH excluding ortho intramolecular Hbond substituents is 6. The van der Waals surface area contributed by atoms with Gasteiger partial charge in [-0.15, -0.1) is 0 Å². The van der Waals surface area contributed by atoms with E-state index < -0.39 is 12.2 Å². The van der Waals surface area contributed by atoms with Crippen LogP contribution in [0.4, 0.5) is 0 Å². The number of aliphatic hydroxyl groups is 2. The zero-order valence-corrected chi connectivity index (χ0v) is 24.7. The second-order valence-corrected chi connectivity index (χ2v) is 10.0.